The normalized spacial score (nSPS) is 14.3. The molecule has 0 amide bonds. The first-order valence-electron chi connectivity index (χ1n) is 5.63. The zero-order valence-corrected chi connectivity index (χ0v) is 13.0. The van der Waals surface area contributed by atoms with Crippen molar-refractivity contribution in [3.63, 3.8) is 0 Å². The maximum Gasteiger partial charge on any atom is 0.183 e. The summed E-state index contributed by atoms with van der Waals surface area (Å²) in [5, 5.41) is 11.6. The standard InChI is InChI=1S/C11H14BrN5OS/c1-7(19(2)18)6-17-11(14-15-16-17)8-4-3-5-9(13)10(8)12/h3-5,7H,6,13H2,1-2H3. The van der Waals surface area contributed by atoms with Gasteiger partial charge in [-0.2, -0.15) is 0 Å². The summed E-state index contributed by atoms with van der Waals surface area (Å²) in [6.07, 6.45) is 1.67. The molecule has 2 aromatic rings. The smallest absolute Gasteiger partial charge is 0.183 e. The van der Waals surface area contributed by atoms with Crippen molar-refractivity contribution in [2.45, 2.75) is 18.7 Å². The van der Waals surface area contributed by atoms with E-state index < -0.39 is 10.8 Å². The van der Waals surface area contributed by atoms with Gasteiger partial charge >= 0.3 is 0 Å². The number of nitrogen functional groups attached to an aromatic ring is 1. The average molecular weight is 344 g/mol. The predicted octanol–water partition coefficient (Wildman–Crippen LogP) is 1.45. The van der Waals surface area contributed by atoms with E-state index in [0.717, 1.165) is 10.0 Å². The summed E-state index contributed by atoms with van der Waals surface area (Å²) in [4.78, 5) is 0. The van der Waals surface area contributed by atoms with Crippen LogP contribution in [0.4, 0.5) is 5.69 Å². The lowest BCUT2D eigenvalue weighted by Gasteiger charge is -2.11. The lowest BCUT2D eigenvalue weighted by atomic mass is 10.2. The van der Waals surface area contributed by atoms with Crippen LogP contribution < -0.4 is 5.73 Å². The minimum Gasteiger partial charge on any atom is -0.398 e. The molecule has 1 heterocycles. The Kier molecular flexibility index (Phi) is 4.31. The zero-order chi connectivity index (χ0) is 14.0. The van der Waals surface area contributed by atoms with Crippen LogP contribution in [0.5, 0.6) is 0 Å². The first kappa shape index (κ1) is 14.1. The lowest BCUT2D eigenvalue weighted by molar-refractivity contribution is 0.579. The highest BCUT2D eigenvalue weighted by Gasteiger charge is 2.16. The summed E-state index contributed by atoms with van der Waals surface area (Å²) in [7, 11) is -0.922. The van der Waals surface area contributed by atoms with Gasteiger partial charge in [0.05, 0.1) is 16.3 Å². The Hall–Kier alpha value is -1.28. The number of anilines is 1. The summed E-state index contributed by atoms with van der Waals surface area (Å²) >= 11 is 3.44. The van der Waals surface area contributed by atoms with E-state index in [4.69, 9.17) is 5.73 Å². The minimum absolute atomic E-state index is 0.0258. The molecule has 0 aliphatic heterocycles. The maximum absolute atomic E-state index is 11.4. The second-order valence-electron chi connectivity index (χ2n) is 4.20. The third-order valence-corrected chi connectivity index (χ3v) is 4.97. The average Bonchev–Trinajstić information content (AvgIpc) is 2.80. The number of halogens is 1. The fourth-order valence-corrected chi connectivity index (χ4v) is 2.38. The Morgan fingerprint density at radius 2 is 2.26 bits per heavy atom. The van der Waals surface area contributed by atoms with Crippen molar-refractivity contribution >= 4 is 32.4 Å². The van der Waals surface area contributed by atoms with Crippen LogP contribution in [0.1, 0.15) is 6.92 Å². The monoisotopic (exact) mass is 343 g/mol. The highest BCUT2D eigenvalue weighted by atomic mass is 79.9. The van der Waals surface area contributed by atoms with Crippen LogP contribution in [-0.2, 0) is 17.3 Å². The van der Waals surface area contributed by atoms with Gasteiger partial charge in [0.25, 0.3) is 0 Å². The SMILES string of the molecule is CC(Cn1nnnc1-c1cccc(N)c1Br)S(C)=O. The largest absolute Gasteiger partial charge is 0.398 e. The topological polar surface area (TPSA) is 86.7 Å². The van der Waals surface area contributed by atoms with E-state index in [0.29, 0.717) is 18.1 Å². The van der Waals surface area contributed by atoms with Crippen molar-refractivity contribution in [1.29, 1.82) is 0 Å². The van der Waals surface area contributed by atoms with Crippen LogP contribution >= 0.6 is 15.9 Å². The van der Waals surface area contributed by atoms with Crippen molar-refractivity contribution in [3.05, 3.63) is 22.7 Å². The molecule has 6 nitrogen and oxygen atoms in total. The number of aromatic nitrogens is 4. The van der Waals surface area contributed by atoms with Crippen LogP contribution in [0.2, 0.25) is 0 Å². The highest BCUT2D eigenvalue weighted by molar-refractivity contribution is 9.10. The molecule has 2 unspecified atom stereocenters. The third kappa shape index (κ3) is 3.01. The molecule has 0 radical (unpaired) electrons. The molecule has 0 saturated heterocycles. The summed E-state index contributed by atoms with van der Waals surface area (Å²) in [5.41, 5.74) is 7.30. The molecule has 0 fully saturated rings. The molecule has 0 spiro atoms. The van der Waals surface area contributed by atoms with Gasteiger partial charge in [0, 0.05) is 28.3 Å². The Morgan fingerprint density at radius 3 is 2.95 bits per heavy atom. The quantitative estimate of drug-likeness (QED) is 0.849. The van der Waals surface area contributed by atoms with Gasteiger partial charge in [-0.3, -0.25) is 4.21 Å². The Labute approximate surface area is 122 Å². The van der Waals surface area contributed by atoms with E-state index in [1.807, 2.05) is 19.1 Å². The number of tetrazole rings is 1. The molecular weight excluding hydrogens is 330 g/mol. The molecule has 0 aliphatic carbocycles. The van der Waals surface area contributed by atoms with Crippen molar-refractivity contribution in [2.75, 3.05) is 12.0 Å². The second kappa shape index (κ2) is 5.79. The third-order valence-electron chi connectivity index (χ3n) is 2.80. The van der Waals surface area contributed by atoms with Gasteiger partial charge in [0.2, 0.25) is 0 Å². The van der Waals surface area contributed by atoms with Crippen LogP contribution in [0.25, 0.3) is 11.4 Å². The van der Waals surface area contributed by atoms with Crippen LogP contribution in [-0.4, -0.2) is 35.9 Å². The number of nitrogens with two attached hydrogens (primary N) is 1. The molecule has 2 rings (SSSR count). The van der Waals surface area contributed by atoms with Gasteiger partial charge in [-0.05, 0) is 45.4 Å². The van der Waals surface area contributed by atoms with E-state index in [2.05, 4.69) is 31.5 Å². The van der Waals surface area contributed by atoms with Crippen LogP contribution in [0.3, 0.4) is 0 Å². The molecule has 2 N–H and O–H groups in total. The van der Waals surface area contributed by atoms with Crippen LogP contribution in [0, 0.1) is 0 Å². The van der Waals surface area contributed by atoms with Crippen molar-refractivity contribution in [2.24, 2.45) is 0 Å². The summed E-state index contributed by atoms with van der Waals surface area (Å²) < 4.78 is 13.8. The van der Waals surface area contributed by atoms with Gasteiger partial charge in [0.15, 0.2) is 5.82 Å². The molecule has 19 heavy (non-hydrogen) atoms. The fourth-order valence-electron chi connectivity index (χ4n) is 1.59. The molecule has 1 aromatic carbocycles. The first-order chi connectivity index (χ1) is 9.00. The number of hydrogen-bond donors (Lipinski definition) is 1. The van der Waals surface area contributed by atoms with E-state index in [1.165, 1.54) is 0 Å². The number of hydrogen-bond acceptors (Lipinski definition) is 5. The molecule has 0 saturated carbocycles. The minimum atomic E-state index is -0.922. The number of benzene rings is 1. The van der Waals surface area contributed by atoms with Crippen molar-refractivity contribution in [3.8, 4) is 11.4 Å². The van der Waals surface area contributed by atoms with E-state index in [-0.39, 0.29) is 5.25 Å². The molecule has 0 aliphatic rings. The predicted molar refractivity (Wildman–Crippen MR) is 78.9 cm³/mol. The molecule has 1 aromatic heterocycles. The first-order valence-corrected chi connectivity index (χ1v) is 8.05. The summed E-state index contributed by atoms with van der Waals surface area (Å²) in [6, 6.07) is 5.53. The zero-order valence-electron chi connectivity index (χ0n) is 10.6. The Morgan fingerprint density at radius 1 is 1.53 bits per heavy atom. The molecule has 2 atom stereocenters. The van der Waals surface area contributed by atoms with Gasteiger partial charge < -0.3 is 5.73 Å². The van der Waals surface area contributed by atoms with Gasteiger partial charge in [0.1, 0.15) is 0 Å². The molecule has 102 valence electrons. The molecule has 0 bridgehead atoms. The number of rotatable bonds is 4. The Balaban J connectivity index is 2.39. The van der Waals surface area contributed by atoms with Crippen molar-refractivity contribution < 1.29 is 4.21 Å². The fraction of sp³-hybridized carbons (Fsp3) is 0.364. The second-order valence-corrected chi connectivity index (χ2v) is 6.80. The van der Waals surface area contributed by atoms with E-state index in [1.54, 1.807) is 17.0 Å². The molecule has 8 heteroatoms. The van der Waals surface area contributed by atoms with E-state index >= 15 is 0 Å². The van der Waals surface area contributed by atoms with Crippen molar-refractivity contribution in [1.82, 2.24) is 20.2 Å². The summed E-state index contributed by atoms with van der Waals surface area (Å²) in [5.74, 6) is 0.608. The summed E-state index contributed by atoms with van der Waals surface area (Å²) in [6.45, 7) is 2.39. The Bertz CT molecular complexity index is 615. The van der Waals surface area contributed by atoms with Gasteiger partial charge in [-0.25, -0.2) is 4.68 Å². The number of nitrogens with zero attached hydrogens (tertiary/aromatic N) is 4. The lowest BCUT2D eigenvalue weighted by Crippen LogP contribution is -2.19. The van der Waals surface area contributed by atoms with E-state index in [9.17, 15) is 4.21 Å². The molecular formula is C11H14BrN5OS. The maximum atomic E-state index is 11.4. The van der Waals surface area contributed by atoms with Gasteiger partial charge in [-0.1, -0.05) is 6.07 Å². The highest BCUT2D eigenvalue weighted by Crippen LogP contribution is 2.30. The van der Waals surface area contributed by atoms with Gasteiger partial charge in [-0.15, -0.1) is 5.10 Å². The van der Waals surface area contributed by atoms with Crippen LogP contribution in [0.15, 0.2) is 22.7 Å².